The standard InChI is InChI=1S/C20H22N6O5/c21-14(27)8-7-13(19(30)31)24-17(28)11-4-1-10(2-5-11)3-6-12-9-23-16-15(12)18(29)26-20(22)25-16/h1-2,4-5,9,13H,3,6-8H2,(H2,21,27)(H,24,28)(H,30,31)(H4,22,23,25,26,29)/t13-/m0/s1. The van der Waals surface area contributed by atoms with E-state index >= 15 is 0 Å². The summed E-state index contributed by atoms with van der Waals surface area (Å²) in [4.78, 5) is 56.0. The van der Waals surface area contributed by atoms with E-state index in [1.807, 2.05) is 0 Å². The number of anilines is 1. The topological polar surface area (TPSA) is 197 Å². The van der Waals surface area contributed by atoms with Crippen LogP contribution in [0.3, 0.4) is 0 Å². The van der Waals surface area contributed by atoms with Gasteiger partial charge in [0.05, 0.1) is 5.39 Å². The number of aromatic amines is 2. The van der Waals surface area contributed by atoms with Gasteiger partial charge in [0.1, 0.15) is 11.7 Å². The Morgan fingerprint density at radius 1 is 1.16 bits per heavy atom. The van der Waals surface area contributed by atoms with E-state index in [0.29, 0.717) is 23.9 Å². The molecule has 0 aliphatic carbocycles. The number of benzene rings is 1. The van der Waals surface area contributed by atoms with Crippen molar-refractivity contribution in [1.29, 1.82) is 0 Å². The number of fused-ring (bicyclic) bond motifs is 1. The monoisotopic (exact) mass is 426 g/mol. The molecule has 0 bridgehead atoms. The van der Waals surface area contributed by atoms with Crippen molar-refractivity contribution in [1.82, 2.24) is 20.3 Å². The SMILES string of the molecule is NC(=O)CC[C@H](NC(=O)c1ccc(CCc2c[nH]c3nc(N)[nH]c(=O)c23)cc1)C(=O)O. The van der Waals surface area contributed by atoms with Crippen LogP contribution in [0.1, 0.15) is 34.3 Å². The molecule has 3 rings (SSSR count). The number of rotatable bonds is 9. The minimum absolute atomic E-state index is 0.0412. The van der Waals surface area contributed by atoms with Gasteiger partial charge in [-0.2, -0.15) is 4.98 Å². The van der Waals surface area contributed by atoms with E-state index in [9.17, 15) is 24.3 Å². The summed E-state index contributed by atoms with van der Waals surface area (Å²) in [5.74, 6) is -2.40. The van der Waals surface area contributed by atoms with E-state index in [1.165, 1.54) is 0 Å². The molecule has 0 radical (unpaired) electrons. The number of hydrogen-bond acceptors (Lipinski definition) is 6. The molecular weight excluding hydrogens is 404 g/mol. The lowest BCUT2D eigenvalue weighted by atomic mass is 10.0. The Labute approximate surface area is 175 Å². The quantitative estimate of drug-likeness (QED) is 0.278. The molecule has 0 spiro atoms. The highest BCUT2D eigenvalue weighted by atomic mass is 16.4. The van der Waals surface area contributed by atoms with Crippen molar-refractivity contribution >= 4 is 34.8 Å². The number of aryl methyl sites for hydroxylation is 2. The second-order valence-electron chi connectivity index (χ2n) is 7.05. The number of nitrogens with one attached hydrogen (secondary N) is 3. The molecule has 1 atom stereocenters. The average molecular weight is 426 g/mol. The summed E-state index contributed by atoms with van der Waals surface area (Å²) in [5.41, 5.74) is 12.7. The number of nitrogens with two attached hydrogens (primary N) is 2. The van der Waals surface area contributed by atoms with Crippen molar-refractivity contribution < 1.29 is 19.5 Å². The molecule has 162 valence electrons. The number of aliphatic carboxylic acids is 1. The van der Waals surface area contributed by atoms with E-state index in [2.05, 4.69) is 20.3 Å². The molecule has 11 nitrogen and oxygen atoms in total. The van der Waals surface area contributed by atoms with E-state index in [0.717, 1.165) is 11.1 Å². The zero-order valence-corrected chi connectivity index (χ0v) is 16.5. The predicted molar refractivity (Wildman–Crippen MR) is 112 cm³/mol. The third-order valence-corrected chi connectivity index (χ3v) is 4.82. The second-order valence-corrected chi connectivity index (χ2v) is 7.05. The number of nitrogens with zero attached hydrogens (tertiary/aromatic N) is 1. The molecule has 31 heavy (non-hydrogen) atoms. The minimum Gasteiger partial charge on any atom is -0.480 e. The first-order valence-electron chi connectivity index (χ1n) is 9.51. The van der Waals surface area contributed by atoms with E-state index in [4.69, 9.17) is 11.5 Å². The van der Waals surface area contributed by atoms with Crippen LogP contribution < -0.4 is 22.3 Å². The lowest BCUT2D eigenvalue weighted by Gasteiger charge is -2.14. The minimum atomic E-state index is -1.24. The van der Waals surface area contributed by atoms with Crippen LogP contribution >= 0.6 is 0 Å². The van der Waals surface area contributed by atoms with Gasteiger partial charge in [0.2, 0.25) is 11.9 Å². The van der Waals surface area contributed by atoms with Gasteiger partial charge in [-0.3, -0.25) is 19.4 Å². The Kier molecular flexibility index (Phi) is 6.34. The number of carbonyl (C=O) groups is 3. The molecule has 2 aromatic heterocycles. The van der Waals surface area contributed by atoms with Crippen LogP contribution in [-0.4, -0.2) is 43.9 Å². The molecule has 0 saturated carbocycles. The van der Waals surface area contributed by atoms with Crippen molar-refractivity contribution in [2.45, 2.75) is 31.7 Å². The predicted octanol–water partition coefficient (Wildman–Crippen LogP) is 0.0671. The Bertz CT molecular complexity index is 1180. The lowest BCUT2D eigenvalue weighted by molar-refractivity contribution is -0.139. The average Bonchev–Trinajstić information content (AvgIpc) is 3.12. The molecule has 3 aromatic rings. The molecule has 0 aliphatic heterocycles. The number of hydrogen-bond donors (Lipinski definition) is 6. The van der Waals surface area contributed by atoms with Crippen molar-refractivity contribution in [2.24, 2.45) is 5.73 Å². The Morgan fingerprint density at radius 2 is 1.87 bits per heavy atom. The van der Waals surface area contributed by atoms with Gasteiger partial charge < -0.3 is 26.9 Å². The summed E-state index contributed by atoms with van der Waals surface area (Å²) in [6, 6.07) is 5.47. The summed E-state index contributed by atoms with van der Waals surface area (Å²) >= 11 is 0. The van der Waals surface area contributed by atoms with Crippen LogP contribution in [0, 0.1) is 0 Å². The number of nitrogen functional groups attached to an aromatic ring is 1. The van der Waals surface area contributed by atoms with Crippen LogP contribution in [0.2, 0.25) is 0 Å². The first-order valence-corrected chi connectivity index (χ1v) is 9.51. The zero-order valence-electron chi connectivity index (χ0n) is 16.5. The molecule has 8 N–H and O–H groups in total. The molecule has 11 heteroatoms. The molecule has 0 saturated heterocycles. The number of aromatic nitrogens is 3. The maximum Gasteiger partial charge on any atom is 0.326 e. The first-order chi connectivity index (χ1) is 14.7. The number of primary amides is 1. The zero-order chi connectivity index (χ0) is 22.5. The van der Waals surface area contributed by atoms with Crippen LogP contribution in [-0.2, 0) is 22.4 Å². The van der Waals surface area contributed by atoms with Gasteiger partial charge in [0, 0.05) is 18.2 Å². The molecule has 0 unspecified atom stereocenters. The maximum atomic E-state index is 12.3. The van der Waals surface area contributed by atoms with Crippen LogP contribution in [0.15, 0.2) is 35.3 Å². The number of amides is 2. The van der Waals surface area contributed by atoms with Gasteiger partial charge in [-0.1, -0.05) is 12.1 Å². The van der Waals surface area contributed by atoms with Crippen LogP contribution in [0.25, 0.3) is 11.0 Å². The van der Waals surface area contributed by atoms with Crippen molar-refractivity contribution in [3.63, 3.8) is 0 Å². The number of carbonyl (C=O) groups excluding carboxylic acids is 2. The summed E-state index contributed by atoms with van der Waals surface area (Å²) in [6.45, 7) is 0. The fourth-order valence-electron chi connectivity index (χ4n) is 3.21. The van der Waals surface area contributed by atoms with Gasteiger partial charge >= 0.3 is 5.97 Å². The number of carboxylic acids is 1. The molecule has 0 fully saturated rings. The highest BCUT2D eigenvalue weighted by molar-refractivity contribution is 5.96. The van der Waals surface area contributed by atoms with Crippen LogP contribution in [0.4, 0.5) is 5.95 Å². The molecular formula is C20H22N6O5. The van der Waals surface area contributed by atoms with Gasteiger partial charge in [-0.05, 0) is 42.5 Å². The highest BCUT2D eigenvalue weighted by Crippen LogP contribution is 2.16. The summed E-state index contributed by atoms with van der Waals surface area (Å²) in [5, 5.41) is 12.0. The highest BCUT2D eigenvalue weighted by Gasteiger charge is 2.21. The van der Waals surface area contributed by atoms with Crippen LogP contribution in [0.5, 0.6) is 0 Å². The largest absolute Gasteiger partial charge is 0.480 e. The van der Waals surface area contributed by atoms with E-state index < -0.39 is 23.8 Å². The molecule has 2 heterocycles. The number of H-pyrrole nitrogens is 2. The molecule has 1 aromatic carbocycles. The fraction of sp³-hybridized carbons (Fsp3) is 0.250. The van der Waals surface area contributed by atoms with Gasteiger partial charge in [-0.25, -0.2) is 4.79 Å². The third-order valence-electron chi connectivity index (χ3n) is 4.82. The lowest BCUT2D eigenvalue weighted by Crippen LogP contribution is -2.41. The van der Waals surface area contributed by atoms with Crippen molar-refractivity contribution in [3.05, 3.63) is 57.5 Å². The van der Waals surface area contributed by atoms with Crippen molar-refractivity contribution in [2.75, 3.05) is 5.73 Å². The van der Waals surface area contributed by atoms with Gasteiger partial charge in [0.15, 0.2) is 0 Å². The van der Waals surface area contributed by atoms with E-state index in [1.54, 1.807) is 30.5 Å². The molecule has 0 aliphatic rings. The first kappa shape index (κ1) is 21.6. The molecule has 2 amide bonds. The Hall–Kier alpha value is -4.15. The Balaban J connectivity index is 1.64. The van der Waals surface area contributed by atoms with E-state index in [-0.39, 0.29) is 29.9 Å². The number of carboxylic acid groups (broad SMARTS) is 1. The second kappa shape index (κ2) is 9.11. The summed E-state index contributed by atoms with van der Waals surface area (Å²) < 4.78 is 0. The fourth-order valence-corrected chi connectivity index (χ4v) is 3.21. The Morgan fingerprint density at radius 3 is 2.52 bits per heavy atom. The van der Waals surface area contributed by atoms with Gasteiger partial charge in [-0.15, -0.1) is 0 Å². The van der Waals surface area contributed by atoms with Crippen molar-refractivity contribution in [3.8, 4) is 0 Å². The van der Waals surface area contributed by atoms with Gasteiger partial charge in [0.25, 0.3) is 11.5 Å². The summed E-state index contributed by atoms with van der Waals surface area (Å²) in [7, 11) is 0. The third kappa shape index (κ3) is 5.26. The normalized spacial score (nSPS) is 11.9. The summed E-state index contributed by atoms with van der Waals surface area (Å²) in [6.07, 6.45) is 2.66. The smallest absolute Gasteiger partial charge is 0.326 e. The maximum absolute atomic E-state index is 12.3.